The van der Waals surface area contributed by atoms with Gasteiger partial charge in [0.25, 0.3) is 15.9 Å². The summed E-state index contributed by atoms with van der Waals surface area (Å²) in [6, 6.07) is 16.8. The smallest absolute Gasteiger partial charge is 0.261 e. The number of anilines is 1. The van der Waals surface area contributed by atoms with E-state index >= 15 is 0 Å². The van der Waals surface area contributed by atoms with E-state index in [1.165, 1.54) is 31.4 Å². The van der Waals surface area contributed by atoms with Crippen LogP contribution in [0.25, 0.3) is 0 Å². The number of carbonyl (C=O) groups is 1. The number of hydrogen-bond donors (Lipinski definition) is 2. The van der Waals surface area contributed by atoms with Gasteiger partial charge in [-0.15, -0.1) is 0 Å². The third-order valence-corrected chi connectivity index (χ3v) is 6.80. The van der Waals surface area contributed by atoms with Gasteiger partial charge < -0.3 is 15.0 Å². The number of sulfonamides is 1. The molecule has 1 amide bonds. The van der Waals surface area contributed by atoms with Gasteiger partial charge in [0.05, 0.1) is 18.0 Å². The minimum atomic E-state index is -3.92. The van der Waals surface area contributed by atoms with Gasteiger partial charge in [-0.25, -0.2) is 12.8 Å². The molecule has 34 heavy (non-hydrogen) atoms. The molecule has 2 N–H and O–H groups in total. The zero-order valence-electron chi connectivity index (χ0n) is 19.5. The van der Waals surface area contributed by atoms with Gasteiger partial charge >= 0.3 is 0 Å². The van der Waals surface area contributed by atoms with E-state index in [0.29, 0.717) is 17.0 Å². The topological polar surface area (TPSA) is 87.7 Å². The molecule has 0 saturated heterocycles. The fraction of sp³-hybridized carbons (Fsp3) is 0.240. The molecule has 0 aliphatic carbocycles. The Hall–Kier alpha value is -3.43. The first kappa shape index (κ1) is 25.2. The van der Waals surface area contributed by atoms with Crippen molar-refractivity contribution in [2.45, 2.75) is 17.9 Å². The first-order valence-electron chi connectivity index (χ1n) is 10.6. The largest absolute Gasteiger partial charge is 0.497 e. The van der Waals surface area contributed by atoms with Crippen molar-refractivity contribution in [3.63, 3.8) is 0 Å². The standard InChI is InChI=1S/C25H28FN3O4S/c1-17-8-13-22(34(31,32)28-20-9-11-21(33-4)12-10-20)15-23(17)25(30)27-16-24(29(2)3)18-6-5-7-19(26)14-18/h5-15,24,28H,16H2,1-4H3,(H,27,30)/t24-/m1/s1. The van der Waals surface area contributed by atoms with Crippen LogP contribution in [0, 0.1) is 12.7 Å². The lowest BCUT2D eigenvalue weighted by Gasteiger charge is -2.25. The maximum absolute atomic E-state index is 13.7. The Morgan fingerprint density at radius 3 is 2.38 bits per heavy atom. The number of amides is 1. The second-order valence-electron chi connectivity index (χ2n) is 8.06. The second-order valence-corrected chi connectivity index (χ2v) is 9.74. The summed E-state index contributed by atoms with van der Waals surface area (Å²) in [4.78, 5) is 14.8. The average molecular weight is 486 g/mol. The summed E-state index contributed by atoms with van der Waals surface area (Å²) in [6.07, 6.45) is 0. The normalized spacial score (nSPS) is 12.3. The van der Waals surface area contributed by atoms with Gasteiger partial charge in [-0.2, -0.15) is 0 Å². The number of hydrogen-bond acceptors (Lipinski definition) is 5. The number of carbonyl (C=O) groups excluding carboxylic acids is 1. The molecule has 0 aromatic heterocycles. The molecule has 0 spiro atoms. The lowest BCUT2D eigenvalue weighted by atomic mass is 10.0. The first-order chi connectivity index (χ1) is 16.1. The van der Waals surface area contributed by atoms with Crippen molar-refractivity contribution in [2.75, 3.05) is 32.5 Å². The molecule has 3 aromatic rings. The molecule has 1 atom stereocenters. The van der Waals surface area contributed by atoms with Crippen molar-refractivity contribution >= 4 is 21.6 Å². The van der Waals surface area contributed by atoms with Gasteiger partial charge in [0.2, 0.25) is 0 Å². The van der Waals surface area contributed by atoms with Crippen molar-refractivity contribution in [3.8, 4) is 5.75 Å². The Labute approximate surface area is 199 Å². The highest BCUT2D eigenvalue weighted by atomic mass is 32.2. The van der Waals surface area contributed by atoms with E-state index in [4.69, 9.17) is 4.74 Å². The molecular formula is C25H28FN3O4S. The maximum atomic E-state index is 13.7. The SMILES string of the molecule is COc1ccc(NS(=O)(=O)c2ccc(C)c(C(=O)NC[C@H](c3cccc(F)c3)N(C)C)c2)cc1. The molecule has 0 radical (unpaired) electrons. The molecule has 0 fully saturated rings. The van der Waals surface area contributed by atoms with E-state index in [1.54, 1.807) is 49.4 Å². The predicted molar refractivity (Wildman–Crippen MR) is 130 cm³/mol. The van der Waals surface area contributed by atoms with Crippen molar-refractivity contribution in [3.05, 3.63) is 89.2 Å². The maximum Gasteiger partial charge on any atom is 0.261 e. The van der Waals surface area contributed by atoms with E-state index < -0.39 is 15.9 Å². The van der Waals surface area contributed by atoms with Gasteiger partial charge in [0.15, 0.2) is 0 Å². The zero-order chi connectivity index (χ0) is 24.9. The average Bonchev–Trinajstić information content (AvgIpc) is 2.79. The number of nitrogens with zero attached hydrogens (tertiary/aromatic N) is 1. The molecule has 9 heteroatoms. The molecule has 0 unspecified atom stereocenters. The summed E-state index contributed by atoms with van der Waals surface area (Å²) >= 11 is 0. The number of likely N-dealkylation sites (N-methyl/N-ethyl adjacent to an activating group) is 1. The van der Waals surface area contributed by atoms with Crippen LogP contribution in [0.3, 0.4) is 0 Å². The van der Waals surface area contributed by atoms with Crippen molar-refractivity contribution in [1.29, 1.82) is 0 Å². The third kappa shape index (κ3) is 6.12. The number of aryl methyl sites for hydroxylation is 1. The highest BCUT2D eigenvalue weighted by Gasteiger charge is 2.20. The number of rotatable bonds is 9. The van der Waals surface area contributed by atoms with E-state index in [9.17, 15) is 17.6 Å². The molecule has 180 valence electrons. The van der Waals surface area contributed by atoms with Crippen LogP contribution in [-0.4, -0.2) is 47.0 Å². The number of halogens is 1. The number of ether oxygens (including phenoxy) is 1. The molecule has 3 aromatic carbocycles. The summed E-state index contributed by atoms with van der Waals surface area (Å²) in [6.45, 7) is 1.95. The molecule has 7 nitrogen and oxygen atoms in total. The Bertz CT molecular complexity index is 1260. The first-order valence-corrected chi connectivity index (χ1v) is 12.1. The molecule has 0 heterocycles. The van der Waals surface area contributed by atoms with Crippen LogP contribution < -0.4 is 14.8 Å². The van der Waals surface area contributed by atoms with Gasteiger partial charge in [-0.05, 0) is 80.7 Å². The summed E-state index contributed by atoms with van der Waals surface area (Å²) < 4.78 is 47.1. The summed E-state index contributed by atoms with van der Waals surface area (Å²) in [7, 11) is 1.28. The van der Waals surface area contributed by atoms with E-state index in [2.05, 4.69) is 10.0 Å². The Balaban J connectivity index is 1.78. The molecule has 3 rings (SSSR count). The fourth-order valence-electron chi connectivity index (χ4n) is 3.48. The third-order valence-electron chi connectivity index (χ3n) is 5.42. The quantitative estimate of drug-likeness (QED) is 0.479. The Morgan fingerprint density at radius 1 is 1.06 bits per heavy atom. The van der Waals surface area contributed by atoms with E-state index in [1.807, 2.05) is 19.0 Å². The van der Waals surface area contributed by atoms with Crippen LogP contribution in [0.15, 0.2) is 71.6 Å². The highest BCUT2D eigenvalue weighted by molar-refractivity contribution is 7.92. The van der Waals surface area contributed by atoms with Crippen LogP contribution in [0.5, 0.6) is 5.75 Å². The van der Waals surface area contributed by atoms with Crippen LogP contribution in [0.4, 0.5) is 10.1 Å². The van der Waals surface area contributed by atoms with Crippen LogP contribution in [0.1, 0.15) is 27.5 Å². The monoisotopic (exact) mass is 485 g/mol. The fourth-order valence-corrected chi connectivity index (χ4v) is 4.57. The summed E-state index contributed by atoms with van der Waals surface area (Å²) in [5, 5.41) is 2.85. The van der Waals surface area contributed by atoms with Gasteiger partial charge in [0, 0.05) is 17.8 Å². The van der Waals surface area contributed by atoms with Gasteiger partial charge in [-0.3, -0.25) is 9.52 Å². The Kier molecular flexibility index (Phi) is 7.90. The lowest BCUT2D eigenvalue weighted by Crippen LogP contribution is -2.35. The van der Waals surface area contributed by atoms with Gasteiger partial charge in [0.1, 0.15) is 11.6 Å². The summed E-state index contributed by atoms with van der Waals surface area (Å²) in [5.74, 6) is -0.164. The second kappa shape index (κ2) is 10.7. The number of methoxy groups -OCH3 is 1. The summed E-state index contributed by atoms with van der Waals surface area (Å²) in [5.41, 5.74) is 1.97. The number of nitrogens with one attached hydrogen (secondary N) is 2. The van der Waals surface area contributed by atoms with Crippen LogP contribution >= 0.6 is 0 Å². The minimum Gasteiger partial charge on any atom is -0.497 e. The molecule has 0 bridgehead atoms. The predicted octanol–water partition coefficient (Wildman–Crippen LogP) is 3.98. The van der Waals surface area contributed by atoms with E-state index in [0.717, 1.165) is 5.56 Å². The van der Waals surface area contributed by atoms with Crippen molar-refractivity contribution in [2.24, 2.45) is 0 Å². The van der Waals surface area contributed by atoms with Crippen LogP contribution in [-0.2, 0) is 10.0 Å². The van der Waals surface area contributed by atoms with Crippen molar-refractivity contribution in [1.82, 2.24) is 10.2 Å². The number of benzene rings is 3. The van der Waals surface area contributed by atoms with Crippen LogP contribution in [0.2, 0.25) is 0 Å². The van der Waals surface area contributed by atoms with Gasteiger partial charge in [-0.1, -0.05) is 18.2 Å². The van der Waals surface area contributed by atoms with Crippen molar-refractivity contribution < 1.29 is 22.3 Å². The Morgan fingerprint density at radius 2 is 1.76 bits per heavy atom. The van der Waals surface area contributed by atoms with E-state index in [-0.39, 0.29) is 28.9 Å². The lowest BCUT2D eigenvalue weighted by molar-refractivity contribution is 0.0941. The minimum absolute atomic E-state index is 0.0339. The highest BCUT2D eigenvalue weighted by Crippen LogP contribution is 2.22. The molecule has 0 saturated carbocycles. The zero-order valence-corrected chi connectivity index (χ0v) is 20.3. The molecule has 0 aliphatic rings. The molecule has 0 aliphatic heterocycles. The molecular weight excluding hydrogens is 457 g/mol.